The predicted molar refractivity (Wildman–Crippen MR) is 112 cm³/mol. The molecule has 1 aliphatic rings. The Bertz CT molecular complexity index is 906. The van der Waals surface area contributed by atoms with Crippen LogP contribution in [0.15, 0.2) is 54.3 Å². The monoisotopic (exact) mass is 411 g/mol. The van der Waals surface area contributed by atoms with E-state index in [1.807, 2.05) is 43.3 Å². The first-order valence-electron chi connectivity index (χ1n) is 9.89. The minimum atomic E-state index is -0.491. The normalized spacial score (nSPS) is 13.3. The Balaban J connectivity index is 1.59. The molecule has 0 atom stereocenters. The number of para-hydroxylation sites is 2. The summed E-state index contributed by atoms with van der Waals surface area (Å²) in [6, 6.07) is 14.7. The van der Waals surface area contributed by atoms with E-state index in [9.17, 15) is 9.59 Å². The standard InChI is InChI=1S/C23H25NO6/c1-3-27-21(23(26)28-4-2)15-17-9-11-18(12-10-17)29-14-13-24-19-7-5-6-8-20(19)30-16-22(24)25/h5-12,15H,3-4,13-14,16H2,1-2H3/b21-15+. The van der Waals surface area contributed by atoms with Gasteiger partial charge in [0, 0.05) is 0 Å². The van der Waals surface area contributed by atoms with E-state index >= 15 is 0 Å². The Labute approximate surface area is 175 Å². The van der Waals surface area contributed by atoms with Crippen molar-refractivity contribution in [2.75, 3.05) is 37.9 Å². The number of rotatable bonds is 9. The Morgan fingerprint density at radius 3 is 2.53 bits per heavy atom. The molecule has 0 aliphatic carbocycles. The van der Waals surface area contributed by atoms with Gasteiger partial charge in [0.2, 0.25) is 5.76 Å². The molecule has 3 rings (SSSR count). The maximum atomic E-state index is 12.2. The summed E-state index contributed by atoms with van der Waals surface area (Å²) in [5.41, 5.74) is 1.54. The second kappa shape index (κ2) is 10.3. The van der Waals surface area contributed by atoms with Crippen LogP contribution < -0.4 is 14.4 Å². The number of carbonyl (C=O) groups is 2. The molecular formula is C23H25NO6. The lowest BCUT2D eigenvalue weighted by Gasteiger charge is -2.29. The first kappa shape index (κ1) is 21.2. The molecule has 7 heteroatoms. The fourth-order valence-corrected chi connectivity index (χ4v) is 2.98. The zero-order valence-corrected chi connectivity index (χ0v) is 17.1. The zero-order chi connectivity index (χ0) is 21.3. The van der Waals surface area contributed by atoms with Crippen LogP contribution in [0, 0.1) is 0 Å². The van der Waals surface area contributed by atoms with Crippen molar-refractivity contribution in [1.82, 2.24) is 0 Å². The molecule has 0 unspecified atom stereocenters. The van der Waals surface area contributed by atoms with E-state index in [4.69, 9.17) is 18.9 Å². The number of nitrogens with zero attached hydrogens (tertiary/aromatic N) is 1. The van der Waals surface area contributed by atoms with Crippen LogP contribution in [0.2, 0.25) is 0 Å². The van der Waals surface area contributed by atoms with Crippen LogP contribution in [0.5, 0.6) is 11.5 Å². The second-order valence-corrected chi connectivity index (χ2v) is 6.38. The topological polar surface area (TPSA) is 74.3 Å². The molecule has 0 saturated heterocycles. The Morgan fingerprint density at radius 1 is 1.07 bits per heavy atom. The van der Waals surface area contributed by atoms with Crippen molar-refractivity contribution in [2.24, 2.45) is 0 Å². The third-order valence-corrected chi connectivity index (χ3v) is 4.35. The number of fused-ring (bicyclic) bond motifs is 1. The summed E-state index contributed by atoms with van der Waals surface area (Å²) in [6.07, 6.45) is 1.63. The third-order valence-electron chi connectivity index (χ3n) is 4.35. The quantitative estimate of drug-likeness (QED) is 0.358. The molecule has 0 N–H and O–H groups in total. The molecule has 158 valence electrons. The van der Waals surface area contributed by atoms with E-state index in [0.717, 1.165) is 11.3 Å². The second-order valence-electron chi connectivity index (χ2n) is 6.38. The average molecular weight is 411 g/mol. The smallest absolute Gasteiger partial charge is 0.373 e. The zero-order valence-electron chi connectivity index (χ0n) is 17.1. The first-order valence-corrected chi connectivity index (χ1v) is 9.89. The average Bonchev–Trinajstić information content (AvgIpc) is 2.76. The summed E-state index contributed by atoms with van der Waals surface area (Å²) < 4.78 is 21.6. The molecule has 2 aromatic carbocycles. The molecular weight excluding hydrogens is 386 g/mol. The minimum absolute atomic E-state index is 0.0284. The fraction of sp³-hybridized carbons (Fsp3) is 0.304. The van der Waals surface area contributed by atoms with Crippen LogP contribution >= 0.6 is 0 Å². The third kappa shape index (κ3) is 5.31. The van der Waals surface area contributed by atoms with E-state index in [2.05, 4.69) is 0 Å². The Kier molecular flexibility index (Phi) is 7.32. The molecule has 30 heavy (non-hydrogen) atoms. The molecule has 7 nitrogen and oxygen atoms in total. The number of hydrogen-bond acceptors (Lipinski definition) is 6. The van der Waals surface area contributed by atoms with Gasteiger partial charge in [-0.25, -0.2) is 4.79 Å². The maximum absolute atomic E-state index is 12.2. The van der Waals surface area contributed by atoms with Gasteiger partial charge in [0.15, 0.2) is 6.61 Å². The summed E-state index contributed by atoms with van der Waals surface area (Å²) in [6.45, 7) is 4.99. The lowest BCUT2D eigenvalue weighted by atomic mass is 10.2. The van der Waals surface area contributed by atoms with Crippen LogP contribution in [0.1, 0.15) is 19.4 Å². The first-order chi connectivity index (χ1) is 14.6. The summed E-state index contributed by atoms with van der Waals surface area (Å²) in [7, 11) is 0. The molecule has 0 fully saturated rings. The van der Waals surface area contributed by atoms with Crippen molar-refractivity contribution in [1.29, 1.82) is 0 Å². The summed E-state index contributed by atoms with van der Waals surface area (Å²) in [5, 5.41) is 0. The van der Waals surface area contributed by atoms with Gasteiger partial charge in [-0.3, -0.25) is 4.79 Å². The molecule has 0 saturated carbocycles. The van der Waals surface area contributed by atoms with Gasteiger partial charge in [-0.05, 0) is 49.8 Å². The number of hydrogen-bond donors (Lipinski definition) is 0. The van der Waals surface area contributed by atoms with Crippen LogP contribution in [-0.2, 0) is 19.1 Å². The van der Waals surface area contributed by atoms with Crippen molar-refractivity contribution < 1.29 is 28.5 Å². The van der Waals surface area contributed by atoms with E-state index in [1.165, 1.54) is 0 Å². The van der Waals surface area contributed by atoms with Crippen molar-refractivity contribution in [3.05, 3.63) is 59.9 Å². The van der Waals surface area contributed by atoms with Crippen molar-refractivity contribution in [3.8, 4) is 11.5 Å². The van der Waals surface area contributed by atoms with Gasteiger partial charge in [0.25, 0.3) is 5.91 Å². The molecule has 0 spiro atoms. The number of benzene rings is 2. The van der Waals surface area contributed by atoms with Crippen LogP contribution in [0.25, 0.3) is 6.08 Å². The van der Waals surface area contributed by atoms with Gasteiger partial charge >= 0.3 is 5.97 Å². The van der Waals surface area contributed by atoms with E-state index < -0.39 is 5.97 Å². The molecule has 0 aromatic heterocycles. The lowest BCUT2D eigenvalue weighted by Crippen LogP contribution is -2.41. The van der Waals surface area contributed by atoms with E-state index in [0.29, 0.717) is 31.3 Å². The highest BCUT2D eigenvalue weighted by atomic mass is 16.6. The van der Waals surface area contributed by atoms with Gasteiger partial charge in [0.1, 0.15) is 18.1 Å². The molecule has 1 amide bonds. The minimum Gasteiger partial charge on any atom is -0.492 e. The van der Waals surface area contributed by atoms with Gasteiger partial charge < -0.3 is 23.8 Å². The summed E-state index contributed by atoms with van der Waals surface area (Å²) in [4.78, 5) is 25.8. The fourth-order valence-electron chi connectivity index (χ4n) is 2.98. The molecule has 1 aliphatic heterocycles. The number of ether oxygens (including phenoxy) is 4. The van der Waals surface area contributed by atoms with Gasteiger partial charge in [-0.2, -0.15) is 0 Å². The van der Waals surface area contributed by atoms with Crippen LogP contribution in [0.3, 0.4) is 0 Å². The SMILES string of the molecule is CCOC(=O)/C(=C\c1ccc(OCCN2C(=O)COc3ccccc32)cc1)OCC. The highest BCUT2D eigenvalue weighted by molar-refractivity contribution is 5.97. The highest BCUT2D eigenvalue weighted by Crippen LogP contribution is 2.31. The van der Waals surface area contributed by atoms with Crippen molar-refractivity contribution in [3.63, 3.8) is 0 Å². The summed E-state index contributed by atoms with van der Waals surface area (Å²) >= 11 is 0. The molecule has 0 bridgehead atoms. The lowest BCUT2D eigenvalue weighted by molar-refractivity contribution is -0.142. The van der Waals surface area contributed by atoms with Crippen LogP contribution in [-0.4, -0.2) is 44.8 Å². The number of anilines is 1. The van der Waals surface area contributed by atoms with Gasteiger partial charge in [-0.15, -0.1) is 0 Å². The van der Waals surface area contributed by atoms with Gasteiger partial charge in [0.05, 0.1) is 25.4 Å². The molecule has 1 heterocycles. The van der Waals surface area contributed by atoms with E-state index in [1.54, 1.807) is 30.0 Å². The number of esters is 1. The Morgan fingerprint density at radius 2 is 1.80 bits per heavy atom. The van der Waals surface area contributed by atoms with Crippen molar-refractivity contribution in [2.45, 2.75) is 13.8 Å². The van der Waals surface area contributed by atoms with E-state index in [-0.39, 0.29) is 24.9 Å². The summed E-state index contributed by atoms with van der Waals surface area (Å²) in [5.74, 6) is 0.933. The van der Waals surface area contributed by atoms with Crippen LogP contribution in [0.4, 0.5) is 5.69 Å². The van der Waals surface area contributed by atoms with Crippen molar-refractivity contribution >= 4 is 23.6 Å². The Hall–Kier alpha value is -3.48. The highest BCUT2D eigenvalue weighted by Gasteiger charge is 2.24. The number of carbonyl (C=O) groups excluding carboxylic acids is 2. The predicted octanol–water partition coefficient (Wildman–Crippen LogP) is 3.43. The van der Waals surface area contributed by atoms with Gasteiger partial charge in [-0.1, -0.05) is 24.3 Å². The number of amides is 1. The molecule has 2 aromatic rings. The largest absolute Gasteiger partial charge is 0.492 e. The maximum Gasteiger partial charge on any atom is 0.373 e. The molecule has 0 radical (unpaired) electrons.